The fourth-order valence-electron chi connectivity index (χ4n) is 2.30. The summed E-state index contributed by atoms with van der Waals surface area (Å²) in [7, 11) is 0. The highest BCUT2D eigenvalue weighted by Crippen LogP contribution is 2.17. The second kappa shape index (κ2) is 6.37. The molecule has 20 heavy (non-hydrogen) atoms. The van der Waals surface area contributed by atoms with Gasteiger partial charge in [0.25, 0.3) is 0 Å². The first-order valence-corrected chi connectivity index (χ1v) is 7.06. The van der Waals surface area contributed by atoms with E-state index in [1.807, 2.05) is 19.1 Å². The Labute approximate surface area is 119 Å². The van der Waals surface area contributed by atoms with Crippen molar-refractivity contribution in [3.8, 4) is 5.69 Å². The average Bonchev–Trinajstić information content (AvgIpc) is 2.89. The number of hydrogen-bond donors (Lipinski definition) is 1. The fourth-order valence-corrected chi connectivity index (χ4v) is 2.30. The largest absolute Gasteiger partial charge is 0.478 e. The van der Waals surface area contributed by atoms with Crippen molar-refractivity contribution in [3.63, 3.8) is 0 Å². The molecular formula is C16H20N2O2. The smallest absolute Gasteiger partial charge is 0.339 e. The number of unbranched alkanes of at least 4 members (excludes halogenated alkanes) is 1. The first-order chi connectivity index (χ1) is 9.67. The number of carboxylic acid groups (broad SMARTS) is 1. The highest BCUT2D eigenvalue weighted by Gasteiger charge is 2.15. The molecule has 1 heterocycles. The number of benzene rings is 1. The van der Waals surface area contributed by atoms with Gasteiger partial charge in [-0.05, 0) is 37.0 Å². The summed E-state index contributed by atoms with van der Waals surface area (Å²) in [5.41, 5.74) is 3.23. The van der Waals surface area contributed by atoms with Gasteiger partial charge in [0.1, 0.15) is 5.56 Å². The number of rotatable bonds is 6. The van der Waals surface area contributed by atoms with Crippen molar-refractivity contribution in [1.82, 2.24) is 9.78 Å². The third kappa shape index (κ3) is 2.90. The quantitative estimate of drug-likeness (QED) is 0.876. The van der Waals surface area contributed by atoms with Crippen molar-refractivity contribution < 1.29 is 9.90 Å². The van der Waals surface area contributed by atoms with Crippen LogP contribution in [0, 0.1) is 0 Å². The Kier molecular flexibility index (Phi) is 4.56. The summed E-state index contributed by atoms with van der Waals surface area (Å²) in [6.45, 7) is 4.12. The van der Waals surface area contributed by atoms with Crippen molar-refractivity contribution in [2.75, 3.05) is 0 Å². The van der Waals surface area contributed by atoms with E-state index in [2.05, 4.69) is 24.2 Å². The van der Waals surface area contributed by atoms with Gasteiger partial charge in [-0.1, -0.05) is 32.4 Å². The number of carbonyl (C=O) groups is 1. The summed E-state index contributed by atoms with van der Waals surface area (Å²) in [6.07, 6.45) is 5.51. The molecule has 0 spiro atoms. The van der Waals surface area contributed by atoms with Crippen LogP contribution < -0.4 is 0 Å². The highest BCUT2D eigenvalue weighted by molar-refractivity contribution is 5.88. The third-order valence-corrected chi connectivity index (χ3v) is 3.43. The summed E-state index contributed by atoms with van der Waals surface area (Å²) in [5, 5.41) is 13.4. The van der Waals surface area contributed by atoms with E-state index in [1.165, 1.54) is 24.6 Å². The van der Waals surface area contributed by atoms with Gasteiger partial charge in [0.05, 0.1) is 17.6 Å². The van der Waals surface area contributed by atoms with Crippen LogP contribution in [0.5, 0.6) is 0 Å². The van der Waals surface area contributed by atoms with Crippen LogP contribution in [0.4, 0.5) is 0 Å². The molecule has 4 nitrogen and oxygen atoms in total. The maximum Gasteiger partial charge on any atom is 0.339 e. The molecule has 0 amide bonds. The zero-order valence-corrected chi connectivity index (χ0v) is 12.0. The molecule has 0 atom stereocenters. The molecule has 0 saturated carbocycles. The lowest BCUT2D eigenvalue weighted by Crippen LogP contribution is -2.05. The molecule has 0 radical (unpaired) electrons. The normalized spacial score (nSPS) is 10.7. The number of nitrogens with zero attached hydrogens (tertiary/aromatic N) is 2. The van der Waals surface area contributed by atoms with Gasteiger partial charge in [0.15, 0.2) is 0 Å². The van der Waals surface area contributed by atoms with Crippen molar-refractivity contribution in [2.45, 2.75) is 39.5 Å². The minimum Gasteiger partial charge on any atom is -0.478 e. The molecule has 0 unspecified atom stereocenters. The Hall–Kier alpha value is -2.10. The predicted molar refractivity (Wildman–Crippen MR) is 78.5 cm³/mol. The Balaban J connectivity index is 2.29. The Morgan fingerprint density at radius 1 is 1.25 bits per heavy atom. The Morgan fingerprint density at radius 3 is 2.50 bits per heavy atom. The first kappa shape index (κ1) is 14.3. The van der Waals surface area contributed by atoms with Gasteiger partial charge in [0.2, 0.25) is 0 Å². The molecule has 1 N–H and O–H groups in total. The van der Waals surface area contributed by atoms with Crippen LogP contribution in [0.25, 0.3) is 5.69 Å². The maximum atomic E-state index is 11.1. The number of aromatic carboxylic acids is 1. The van der Waals surface area contributed by atoms with Gasteiger partial charge >= 0.3 is 5.97 Å². The fraction of sp³-hybridized carbons (Fsp3) is 0.375. The van der Waals surface area contributed by atoms with Crippen LogP contribution in [0.3, 0.4) is 0 Å². The van der Waals surface area contributed by atoms with Crippen LogP contribution in [0.2, 0.25) is 0 Å². The van der Waals surface area contributed by atoms with Crippen LogP contribution in [0.15, 0.2) is 30.5 Å². The van der Waals surface area contributed by atoms with Crippen LogP contribution in [-0.2, 0) is 12.8 Å². The Bertz CT molecular complexity index is 585. The van der Waals surface area contributed by atoms with Crippen molar-refractivity contribution in [3.05, 3.63) is 47.3 Å². The third-order valence-electron chi connectivity index (χ3n) is 3.43. The molecule has 2 rings (SSSR count). The Morgan fingerprint density at radius 2 is 1.95 bits per heavy atom. The minimum absolute atomic E-state index is 0.280. The second-order valence-electron chi connectivity index (χ2n) is 4.85. The van der Waals surface area contributed by atoms with Gasteiger partial charge in [0, 0.05) is 0 Å². The maximum absolute atomic E-state index is 11.1. The van der Waals surface area contributed by atoms with E-state index in [9.17, 15) is 4.79 Å². The van der Waals surface area contributed by atoms with E-state index in [0.717, 1.165) is 17.8 Å². The second-order valence-corrected chi connectivity index (χ2v) is 4.85. The minimum atomic E-state index is -0.923. The van der Waals surface area contributed by atoms with Crippen LogP contribution in [0.1, 0.15) is 48.3 Å². The molecule has 4 heteroatoms. The van der Waals surface area contributed by atoms with E-state index in [-0.39, 0.29) is 5.56 Å². The van der Waals surface area contributed by atoms with Crippen LogP contribution >= 0.6 is 0 Å². The lowest BCUT2D eigenvalue weighted by molar-refractivity contribution is 0.0695. The number of carboxylic acids is 1. The highest BCUT2D eigenvalue weighted by atomic mass is 16.4. The molecule has 0 aliphatic carbocycles. The SMILES string of the molecule is CCCCc1ccc(-n2ncc(C(=O)O)c2CC)cc1. The molecule has 1 aromatic carbocycles. The molecule has 106 valence electrons. The van der Waals surface area contributed by atoms with E-state index < -0.39 is 5.97 Å². The molecule has 0 aliphatic rings. The molecule has 1 aromatic heterocycles. The van der Waals surface area contributed by atoms with Gasteiger partial charge < -0.3 is 5.11 Å². The van der Waals surface area contributed by atoms with E-state index in [4.69, 9.17) is 5.11 Å². The van der Waals surface area contributed by atoms with E-state index >= 15 is 0 Å². The van der Waals surface area contributed by atoms with Gasteiger partial charge in [-0.15, -0.1) is 0 Å². The number of aryl methyl sites for hydroxylation is 1. The number of hydrogen-bond acceptors (Lipinski definition) is 2. The predicted octanol–water partition coefficient (Wildman–Crippen LogP) is 3.48. The monoisotopic (exact) mass is 272 g/mol. The van der Waals surface area contributed by atoms with E-state index in [0.29, 0.717) is 6.42 Å². The van der Waals surface area contributed by atoms with Gasteiger partial charge in [-0.2, -0.15) is 5.10 Å². The zero-order chi connectivity index (χ0) is 14.5. The summed E-state index contributed by atoms with van der Waals surface area (Å²) >= 11 is 0. The summed E-state index contributed by atoms with van der Waals surface area (Å²) in [4.78, 5) is 11.1. The lowest BCUT2D eigenvalue weighted by Gasteiger charge is -2.08. The number of aromatic nitrogens is 2. The average molecular weight is 272 g/mol. The lowest BCUT2D eigenvalue weighted by atomic mass is 10.1. The first-order valence-electron chi connectivity index (χ1n) is 7.06. The molecule has 0 aliphatic heterocycles. The topological polar surface area (TPSA) is 55.1 Å². The summed E-state index contributed by atoms with van der Waals surface area (Å²) in [5.74, 6) is -0.923. The summed E-state index contributed by atoms with van der Waals surface area (Å²) in [6, 6.07) is 8.19. The molecule has 0 fully saturated rings. The molecule has 0 bridgehead atoms. The molecule has 2 aromatic rings. The zero-order valence-electron chi connectivity index (χ0n) is 12.0. The van der Waals surface area contributed by atoms with Gasteiger partial charge in [-0.3, -0.25) is 0 Å². The summed E-state index contributed by atoms with van der Waals surface area (Å²) < 4.78 is 1.72. The van der Waals surface area contributed by atoms with Crippen molar-refractivity contribution in [2.24, 2.45) is 0 Å². The molecular weight excluding hydrogens is 252 g/mol. The van der Waals surface area contributed by atoms with Crippen molar-refractivity contribution >= 4 is 5.97 Å². The van der Waals surface area contributed by atoms with E-state index in [1.54, 1.807) is 4.68 Å². The molecule has 0 saturated heterocycles. The van der Waals surface area contributed by atoms with Crippen LogP contribution in [-0.4, -0.2) is 20.9 Å². The van der Waals surface area contributed by atoms with Gasteiger partial charge in [-0.25, -0.2) is 9.48 Å². The van der Waals surface area contributed by atoms with Crippen molar-refractivity contribution in [1.29, 1.82) is 0 Å². The standard InChI is InChI=1S/C16H20N2O2/c1-3-5-6-12-7-9-13(10-8-12)18-15(4-2)14(11-17-18)16(19)20/h7-11H,3-6H2,1-2H3,(H,19,20).